The highest BCUT2D eigenvalue weighted by Gasteiger charge is 2.24. The first-order chi connectivity index (χ1) is 10.1. The van der Waals surface area contributed by atoms with Crippen molar-refractivity contribution in [1.29, 1.82) is 0 Å². The van der Waals surface area contributed by atoms with Gasteiger partial charge in [-0.3, -0.25) is 0 Å². The Labute approximate surface area is 126 Å². The highest BCUT2D eigenvalue weighted by Crippen LogP contribution is 2.31. The Morgan fingerprint density at radius 1 is 1.14 bits per heavy atom. The molecule has 5 nitrogen and oxygen atoms in total. The molecule has 1 aliphatic rings. The molecule has 0 amide bonds. The van der Waals surface area contributed by atoms with Crippen molar-refractivity contribution < 1.29 is 4.74 Å². The van der Waals surface area contributed by atoms with Gasteiger partial charge < -0.3 is 9.64 Å². The van der Waals surface area contributed by atoms with Gasteiger partial charge in [-0.15, -0.1) is 0 Å². The number of morpholine rings is 1. The van der Waals surface area contributed by atoms with Gasteiger partial charge in [0.15, 0.2) is 5.82 Å². The molecular formula is C16H26N4O. The van der Waals surface area contributed by atoms with Gasteiger partial charge in [-0.2, -0.15) is 5.10 Å². The topological polar surface area (TPSA) is 42.7 Å². The van der Waals surface area contributed by atoms with Crippen LogP contribution in [0.4, 0.5) is 5.82 Å². The largest absolute Gasteiger partial charge is 0.378 e. The Balaban J connectivity index is 0.000000774. The molecule has 0 unspecified atom stereocenters. The summed E-state index contributed by atoms with van der Waals surface area (Å²) in [6.45, 7) is 13.9. The molecule has 0 aliphatic carbocycles. The van der Waals surface area contributed by atoms with E-state index in [0.717, 1.165) is 37.6 Å². The van der Waals surface area contributed by atoms with Crippen LogP contribution in [0.5, 0.6) is 0 Å². The number of anilines is 1. The third kappa shape index (κ3) is 3.18. The van der Waals surface area contributed by atoms with E-state index in [-0.39, 0.29) is 5.41 Å². The van der Waals surface area contributed by atoms with E-state index < -0.39 is 0 Å². The lowest BCUT2D eigenvalue weighted by Crippen LogP contribution is -2.37. The van der Waals surface area contributed by atoms with Crippen molar-refractivity contribution in [3.05, 3.63) is 24.2 Å². The van der Waals surface area contributed by atoms with Crippen molar-refractivity contribution in [2.45, 2.75) is 40.0 Å². The summed E-state index contributed by atoms with van der Waals surface area (Å²) in [5.41, 5.74) is 2.42. The zero-order valence-electron chi connectivity index (χ0n) is 13.8. The standard InChI is InChI=1S/C14H20N4O.C2H6/c1-14(2,3)11-10-16-18-5-4-15-13(12(11)18)17-6-8-19-9-7-17;1-2/h4-5,10H,6-9H2,1-3H3;1-2H3. The number of hydrogen-bond donors (Lipinski definition) is 0. The Bertz CT molecular complexity index is 579. The number of nitrogens with zero attached hydrogens (tertiary/aromatic N) is 4. The molecule has 3 rings (SSSR count). The van der Waals surface area contributed by atoms with Crippen LogP contribution in [-0.4, -0.2) is 40.9 Å². The molecule has 0 aromatic carbocycles. The fourth-order valence-electron chi connectivity index (χ4n) is 2.48. The lowest BCUT2D eigenvalue weighted by molar-refractivity contribution is 0.122. The Morgan fingerprint density at radius 2 is 1.81 bits per heavy atom. The second-order valence-corrected chi connectivity index (χ2v) is 5.95. The second-order valence-electron chi connectivity index (χ2n) is 5.95. The van der Waals surface area contributed by atoms with Crippen LogP contribution in [0.3, 0.4) is 0 Å². The van der Waals surface area contributed by atoms with Crippen molar-refractivity contribution in [2.24, 2.45) is 0 Å². The summed E-state index contributed by atoms with van der Waals surface area (Å²) >= 11 is 0. The first-order valence-corrected chi connectivity index (χ1v) is 7.73. The number of hydrogen-bond acceptors (Lipinski definition) is 4. The molecule has 1 saturated heterocycles. The van der Waals surface area contributed by atoms with Crippen LogP contribution in [0.25, 0.3) is 5.52 Å². The highest BCUT2D eigenvalue weighted by molar-refractivity contribution is 5.74. The van der Waals surface area contributed by atoms with Crippen molar-refractivity contribution >= 4 is 11.3 Å². The molecule has 0 atom stereocenters. The summed E-state index contributed by atoms with van der Waals surface area (Å²) in [5, 5.41) is 4.46. The molecule has 0 saturated carbocycles. The van der Waals surface area contributed by atoms with Crippen LogP contribution in [0.1, 0.15) is 40.2 Å². The summed E-state index contributed by atoms with van der Waals surface area (Å²) in [6.07, 6.45) is 5.69. The van der Waals surface area contributed by atoms with Gasteiger partial charge in [0.1, 0.15) is 5.52 Å². The Kier molecular flexibility index (Phi) is 4.83. The molecule has 0 N–H and O–H groups in total. The normalized spacial score (nSPS) is 15.8. The number of rotatable bonds is 1. The molecule has 5 heteroatoms. The van der Waals surface area contributed by atoms with Crippen LogP contribution in [0, 0.1) is 0 Å². The summed E-state index contributed by atoms with van der Waals surface area (Å²) in [5.74, 6) is 1.02. The predicted octanol–water partition coefficient (Wildman–Crippen LogP) is 2.89. The minimum Gasteiger partial charge on any atom is -0.378 e. The van der Waals surface area contributed by atoms with E-state index in [9.17, 15) is 0 Å². The SMILES string of the molecule is CC.CC(C)(C)c1cnn2ccnc(N3CCOCC3)c12. The van der Waals surface area contributed by atoms with Gasteiger partial charge in [0.25, 0.3) is 0 Å². The van der Waals surface area contributed by atoms with Crippen molar-refractivity contribution in [2.75, 3.05) is 31.2 Å². The fourth-order valence-corrected chi connectivity index (χ4v) is 2.48. The minimum absolute atomic E-state index is 0.0613. The van der Waals surface area contributed by atoms with Crippen LogP contribution in [0.15, 0.2) is 18.6 Å². The van der Waals surface area contributed by atoms with E-state index in [1.165, 1.54) is 5.56 Å². The third-order valence-corrected chi connectivity index (χ3v) is 3.53. The van der Waals surface area contributed by atoms with E-state index in [2.05, 4.69) is 35.8 Å². The quantitative estimate of drug-likeness (QED) is 0.810. The van der Waals surface area contributed by atoms with E-state index >= 15 is 0 Å². The molecule has 1 fully saturated rings. The first kappa shape index (κ1) is 15.8. The van der Waals surface area contributed by atoms with Gasteiger partial charge in [-0.25, -0.2) is 9.50 Å². The molecule has 0 bridgehead atoms. The number of fused-ring (bicyclic) bond motifs is 1. The molecule has 116 valence electrons. The average Bonchev–Trinajstić information content (AvgIpc) is 2.94. The fraction of sp³-hybridized carbons (Fsp3) is 0.625. The molecular weight excluding hydrogens is 264 g/mol. The number of ether oxygens (including phenoxy) is 1. The first-order valence-electron chi connectivity index (χ1n) is 7.73. The van der Waals surface area contributed by atoms with Crippen molar-refractivity contribution in [3.63, 3.8) is 0 Å². The predicted molar refractivity (Wildman–Crippen MR) is 86.1 cm³/mol. The smallest absolute Gasteiger partial charge is 0.155 e. The highest BCUT2D eigenvalue weighted by atomic mass is 16.5. The monoisotopic (exact) mass is 290 g/mol. The second kappa shape index (κ2) is 6.43. The van der Waals surface area contributed by atoms with E-state index in [4.69, 9.17) is 4.74 Å². The van der Waals surface area contributed by atoms with Crippen LogP contribution < -0.4 is 4.90 Å². The summed E-state index contributed by atoms with van der Waals surface area (Å²) in [4.78, 5) is 6.87. The zero-order chi connectivity index (χ0) is 15.5. The van der Waals surface area contributed by atoms with Gasteiger partial charge in [0.2, 0.25) is 0 Å². The van der Waals surface area contributed by atoms with Crippen molar-refractivity contribution in [3.8, 4) is 0 Å². The summed E-state index contributed by atoms with van der Waals surface area (Å²) in [7, 11) is 0. The van der Waals surface area contributed by atoms with Crippen LogP contribution in [0.2, 0.25) is 0 Å². The maximum atomic E-state index is 5.42. The Morgan fingerprint density at radius 3 is 2.43 bits per heavy atom. The van der Waals surface area contributed by atoms with Crippen molar-refractivity contribution in [1.82, 2.24) is 14.6 Å². The molecule has 1 aliphatic heterocycles. The molecule has 2 aromatic heterocycles. The summed E-state index contributed by atoms with van der Waals surface area (Å²) in [6, 6.07) is 0. The molecule has 0 spiro atoms. The number of aromatic nitrogens is 3. The zero-order valence-corrected chi connectivity index (χ0v) is 13.8. The average molecular weight is 290 g/mol. The maximum absolute atomic E-state index is 5.42. The van der Waals surface area contributed by atoms with Gasteiger partial charge in [-0.05, 0) is 5.41 Å². The van der Waals surface area contributed by atoms with Gasteiger partial charge in [0.05, 0.1) is 19.4 Å². The van der Waals surface area contributed by atoms with Gasteiger partial charge >= 0.3 is 0 Å². The maximum Gasteiger partial charge on any atom is 0.155 e. The summed E-state index contributed by atoms with van der Waals surface area (Å²) < 4.78 is 7.35. The molecule has 21 heavy (non-hydrogen) atoms. The Hall–Kier alpha value is -1.62. The lowest BCUT2D eigenvalue weighted by atomic mass is 9.88. The van der Waals surface area contributed by atoms with Crippen LogP contribution >= 0.6 is 0 Å². The minimum atomic E-state index is 0.0613. The molecule has 2 aromatic rings. The van der Waals surface area contributed by atoms with E-state index in [1.54, 1.807) is 0 Å². The van der Waals surface area contributed by atoms with E-state index in [1.807, 2.05) is 37.0 Å². The van der Waals surface area contributed by atoms with Gasteiger partial charge in [0, 0.05) is 31.0 Å². The van der Waals surface area contributed by atoms with Crippen LogP contribution in [-0.2, 0) is 10.2 Å². The van der Waals surface area contributed by atoms with E-state index in [0.29, 0.717) is 0 Å². The molecule has 3 heterocycles. The van der Waals surface area contributed by atoms with Gasteiger partial charge in [-0.1, -0.05) is 34.6 Å². The molecule has 0 radical (unpaired) electrons. The lowest BCUT2D eigenvalue weighted by Gasteiger charge is -2.29. The third-order valence-electron chi connectivity index (χ3n) is 3.53.